The molecule has 162 valence electrons. The molecule has 0 radical (unpaired) electrons. The van der Waals surface area contributed by atoms with Crippen LogP contribution in [0, 0.1) is 0 Å². The van der Waals surface area contributed by atoms with Gasteiger partial charge >= 0.3 is 5.97 Å². The molecule has 0 fully saturated rings. The largest absolute Gasteiger partial charge is 0.456 e. The third-order valence-corrected chi connectivity index (χ3v) is 7.32. The van der Waals surface area contributed by atoms with Crippen molar-refractivity contribution in [3.63, 3.8) is 0 Å². The van der Waals surface area contributed by atoms with Gasteiger partial charge < -0.3 is 14.2 Å². The molecule has 0 aromatic heterocycles. The van der Waals surface area contributed by atoms with Crippen LogP contribution in [0.3, 0.4) is 0 Å². The van der Waals surface area contributed by atoms with E-state index in [-0.39, 0.29) is 17.5 Å². The zero-order valence-electron chi connectivity index (χ0n) is 18.4. The molecule has 0 heterocycles. The van der Waals surface area contributed by atoms with E-state index in [1.54, 1.807) is 21.6 Å². The fraction of sp³-hybridized carbons (Fsp3) is 0.667. The Balaban J connectivity index is 2.59. The Kier molecular flexibility index (Phi) is 10.8. The van der Waals surface area contributed by atoms with E-state index in [9.17, 15) is 4.79 Å². The zero-order valence-corrected chi connectivity index (χ0v) is 20.9. The van der Waals surface area contributed by atoms with Gasteiger partial charge in [0.1, 0.15) is 11.0 Å². The van der Waals surface area contributed by atoms with E-state index in [0.717, 1.165) is 10.6 Å². The molecule has 1 aromatic carbocycles. The summed E-state index contributed by atoms with van der Waals surface area (Å²) in [4.78, 5) is 13.2. The monoisotopic (exact) mass is 448 g/mol. The van der Waals surface area contributed by atoms with E-state index in [1.165, 1.54) is 0 Å². The molecule has 7 heteroatoms. The quantitative estimate of drug-likeness (QED) is 0.183. The van der Waals surface area contributed by atoms with Crippen molar-refractivity contribution < 1.29 is 19.0 Å². The number of rotatable bonds is 11. The summed E-state index contributed by atoms with van der Waals surface area (Å²) in [5, 5.41) is 0. The van der Waals surface area contributed by atoms with Crippen molar-refractivity contribution in [1.29, 1.82) is 0 Å². The van der Waals surface area contributed by atoms with E-state index in [0.29, 0.717) is 18.8 Å². The van der Waals surface area contributed by atoms with Crippen molar-refractivity contribution in [1.82, 2.24) is 0 Å². The summed E-state index contributed by atoms with van der Waals surface area (Å²) < 4.78 is 17.1. The van der Waals surface area contributed by atoms with Crippen LogP contribution in [0.4, 0.5) is 0 Å². The zero-order chi connectivity index (χ0) is 21.4. The Hall–Kier alpha value is -0.340. The molecule has 0 bridgehead atoms. The molecule has 0 spiro atoms. The summed E-state index contributed by atoms with van der Waals surface area (Å²) in [6.07, 6.45) is 7.12. The molecule has 1 aromatic rings. The molecule has 1 unspecified atom stereocenters. The molecule has 4 nitrogen and oxygen atoms in total. The van der Waals surface area contributed by atoms with Gasteiger partial charge in [-0.2, -0.15) is 0 Å². The predicted molar refractivity (Wildman–Crippen MR) is 126 cm³/mol. The van der Waals surface area contributed by atoms with E-state index >= 15 is 0 Å². The molecule has 28 heavy (non-hydrogen) atoms. The standard InChI is InChI=1S/C21H36O4S3/c1-16(2)23-13-14-24-19(15-28(6,7)8)27-26-18-11-9-17(10-12-18)20(22)25-21(3,4)5/h9-12,16,19H,13-15H2,1-8H3. The van der Waals surface area contributed by atoms with Crippen LogP contribution in [-0.4, -0.2) is 60.8 Å². The van der Waals surface area contributed by atoms with E-state index in [4.69, 9.17) is 14.2 Å². The number of carbonyl (C=O) groups is 1. The summed E-state index contributed by atoms with van der Waals surface area (Å²) >= 11 is 0. The molecule has 0 saturated heterocycles. The Morgan fingerprint density at radius 3 is 2.11 bits per heavy atom. The fourth-order valence-electron chi connectivity index (χ4n) is 2.07. The number of carbonyl (C=O) groups excluding carboxylic acids is 1. The second-order valence-electron chi connectivity index (χ2n) is 8.68. The maximum atomic E-state index is 12.1. The van der Waals surface area contributed by atoms with Gasteiger partial charge in [0, 0.05) is 10.6 Å². The predicted octanol–water partition coefficient (Wildman–Crippen LogP) is 5.84. The average molecular weight is 449 g/mol. The lowest BCUT2D eigenvalue weighted by Gasteiger charge is -2.30. The summed E-state index contributed by atoms with van der Waals surface area (Å²) in [6.45, 7) is 10.9. The highest BCUT2D eigenvalue weighted by molar-refractivity contribution is 8.77. The van der Waals surface area contributed by atoms with Crippen LogP contribution in [0.5, 0.6) is 0 Å². The van der Waals surface area contributed by atoms with Crippen molar-refractivity contribution in [2.45, 2.75) is 56.7 Å². The van der Waals surface area contributed by atoms with Crippen molar-refractivity contribution in [2.24, 2.45) is 0 Å². The SMILES string of the molecule is CC(C)OCCOC(CS(C)(C)C)SSc1ccc(C(=O)OC(C)(C)C)cc1. The molecule has 0 aliphatic carbocycles. The summed E-state index contributed by atoms with van der Waals surface area (Å²) in [7, 11) is 2.73. The molecule has 1 rings (SSSR count). The van der Waals surface area contributed by atoms with E-state index < -0.39 is 15.6 Å². The molecule has 0 saturated carbocycles. The number of hydrogen-bond donors (Lipinski definition) is 0. The number of esters is 1. The van der Waals surface area contributed by atoms with Crippen LogP contribution >= 0.6 is 31.6 Å². The Morgan fingerprint density at radius 1 is 1.04 bits per heavy atom. The highest BCUT2D eigenvalue weighted by Crippen LogP contribution is 2.43. The van der Waals surface area contributed by atoms with Crippen LogP contribution in [0.2, 0.25) is 0 Å². The number of benzene rings is 1. The second kappa shape index (κ2) is 11.7. The van der Waals surface area contributed by atoms with Gasteiger partial charge in [0.15, 0.2) is 0 Å². The topological polar surface area (TPSA) is 44.8 Å². The lowest BCUT2D eigenvalue weighted by Crippen LogP contribution is -2.23. The molecule has 0 aliphatic rings. The first kappa shape index (κ1) is 25.7. The second-order valence-corrected chi connectivity index (χ2v) is 15.6. The smallest absolute Gasteiger partial charge is 0.338 e. The fourth-order valence-corrected chi connectivity index (χ4v) is 6.70. The highest BCUT2D eigenvalue weighted by atomic mass is 33.1. The Morgan fingerprint density at radius 2 is 1.61 bits per heavy atom. The normalized spacial score (nSPS) is 14.2. The van der Waals surface area contributed by atoms with Gasteiger partial charge in [-0.05, 0) is 77.7 Å². The van der Waals surface area contributed by atoms with Crippen LogP contribution in [-0.2, 0) is 14.2 Å². The van der Waals surface area contributed by atoms with E-state index in [1.807, 2.05) is 58.9 Å². The molecular formula is C21H36O4S3. The van der Waals surface area contributed by atoms with Crippen molar-refractivity contribution in [3.8, 4) is 0 Å². The van der Waals surface area contributed by atoms with Gasteiger partial charge in [0.25, 0.3) is 0 Å². The summed E-state index contributed by atoms with van der Waals surface area (Å²) in [6, 6.07) is 7.55. The summed E-state index contributed by atoms with van der Waals surface area (Å²) in [5.74, 6) is 0.738. The first-order valence-electron chi connectivity index (χ1n) is 9.42. The molecular weight excluding hydrogens is 412 g/mol. The van der Waals surface area contributed by atoms with Crippen molar-refractivity contribution in [3.05, 3.63) is 29.8 Å². The van der Waals surface area contributed by atoms with Gasteiger partial charge in [0.05, 0.1) is 24.9 Å². The minimum atomic E-state index is -0.678. The average Bonchev–Trinajstić information content (AvgIpc) is 2.53. The Labute approximate surface area is 180 Å². The van der Waals surface area contributed by atoms with Crippen LogP contribution in [0.25, 0.3) is 0 Å². The third-order valence-electron chi connectivity index (χ3n) is 3.21. The maximum absolute atomic E-state index is 12.1. The number of ether oxygens (including phenoxy) is 3. The van der Waals surface area contributed by atoms with Gasteiger partial charge in [0.2, 0.25) is 0 Å². The first-order valence-corrected chi connectivity index (χ1v) is 14.7. The van der Waals surface area contributed by atoms with Crippen molar-refractivity contribution >= 4 is 37.6 Å². The van der Waals surface area contributed by atoms with E-state index in [2.05, 4.69) is 18.8 Å². The summed E-state index contributed by atoms with van der Waals surface area (Å²) in [5.41, 5.74) is 0.197. The maximum Gasteiger partial charge on any atom is 0.338 e. The molecule has 0 N–H and O–H groups in total. The van der Waals surface area contributed by atoms with Gasteiger partial charge in [-0.15, -0.1) is 0 Å². The molecule has 0 aliphatic heterocycles. The van der Waals surface area contributed by atoms with Crippen molar-refractivity contribution in [2.75, 3.05) is 37.7 Å². The minimum absolute atomic E-state index is 0.112. The van der Waals surface area contributed by atoms with Gasteiger partial charge in [-0.1, -0.05) is 21.6 Å². The highest BCUT2D eigenvalue weighted by Gasteiger charge is 2.19. The molecule has 1 atom stereocenters. The van der Waals surface area contributed by atoms with Gasteiger partial charge in [-0.3, -0.25) is 0 Å². The Bertz CT molecular complexity index is 589. The lowest BCUT2D eigenvalue weighted by molar-refractivity contribution is 0.00694. The van der Waals surface area contributed by atoms with Crippen LogP contribution < -0.4 is 0 Å². The molecule has 0 amide bonds. The number of hydrogen-bond acceptors (Lipinski definition) is 6. The van der Waals surface area contributed by atoms with Gasteiger partial charge in [-0.25, -0.2) is 14.8 Å². The first-order chi connectivity index (χ1) is 12.9. The third kappa shape index (κ3) is 12.3. The minimum Gasteiger partial charge on any atom is -0.456 e. The van der Waals surface area contributed by atoms with Crippen LogP contribution in [0.15, 0.2) is 29.2 Å². The van der Waals surface area contributed by atoms with Crippen LogP contribution in [0.1, 0.15) is 45.0 Å². The lowest BCUT2D eigenvalue weighted by atomic mass is 10.2.